The molecule has 1 saturated heterocycles. The van der Waals surface area contributed by atoms with Crippen LogP contribution in [0.3, 0.4) is 0 Å². The number of piperidine rings is 1. The van der Waals surface area contributed by atoms with Gasteiger partial charge in [-0.3, -0.25) is 0 Å². The molecule has 2 nitrogen and oxygen atoms in total. The van der Waals surface area contributed by atoms with Crippen LogP contribution in [0.15, 0.2) is 30.3 Å². The summed E-state index contributed by atoms with van der Waals surface area (Å²) in [5.74, 6) is 0. The van der Waals surface area contributed by atoms with E-state index in [0.29, 0.717) is 0 Å². The molecule has 0 spiro atoms. The third-order valence-corrected chi connectivity index (χ3v) is 4.11. The van der Waals surface area contributed by atoms with E-state index in [4.69, 9.17) is 0 Å². The number of hydrogen-bond donors (Lipinski definition) is 0. The summed E-state index contributed by atoms with van der Waals surface area (Å²) in [7, 11) is 2.19. The molecule has 0 radical (unpaired) electrons. The minimum absolute atomic E-state index is 0. The molecular weight excluding hydrogens is 312 g/mol. The molecule has 1 heterocycles. The Morgan fingerprint density at radius 3 is 2.35 bits per heavy atom. The molecule has 0 N–H and O–H groups in total. The van der Waals surface area contributed by atoms with Gasteiger partial charge in [0.1, 0.15) is 0 Å². The predicted molar refractivity (Wildman–Crippen MR) is 94.2 cm³/mol. The van der Waals surface area contributed by atoms with Gasteiger partial charge in [-0.1, -0.05) is 31.0 Å². The molecule has 0 bridgehead atoms. The third-order valence-electron chi connectivity index (χ3n) is 4.11. The van der Waals surface area contributed by atoms with Crippen molar-refractivity contribution in [2.75, 3.05) is 38.1 Å². The number of likely N-dealkylation sites (tertiary alicyclic amines) is 1. The lowest BCUT2D eigenvalue weighted by Gasteiger charge is -2.26. The number of anilines is 1. The van der Waals surface area contributed by atoms with Gasteiger partial charge in [-0.25, -0.2) is 0 Å². The van der Waals surface area contributed by atoms with E-state index in [-0.39, 0.29) is 17.0 Å². The maximum absolute atomic E-state index is 2.64. The molecule has 0 atom stereocenters. The van der Waals surface area contributed by atoms with E-state index in [1.165, 1.54) is 70.4 Å². The molecule has 1 fully saturated rings. The van der Waals surface area contributed by atoms with Crippen LogP contribution < -0.4 is 4.90 Å². The van der Waals surface area contributed by atoms with Crippen LogP contribution in [0.1, 0.15) is 38.5 Å². The molecule has 0 amide bonds. The molecule has 0 aliphatic carbocycles. The van der Waals surface area contributed by atoms with Crippen molar-refractivity contribution in [2.24, 2.45) is 0 Å². The molecule has 1 aromatic carbocycles. The van der Waals surface area contributed by atoms with E-state index in [9.17, 15) is 0 Å². The average Bonchev–Trinajstić information content (AvgIpc) is 2.49. The Labute approximate surface area is 134 Å². The van der Waals surface area contributed by atoms with Gasteiger partial charge in [-0.2, -0.15) is 0 Å². The molecule has 0 unspecified atom stereocenters. The second-order valence-electron chi connectivity index (χ2n) is 5.72. The molecule has 20 heavy (non-hydrogen) atoms. The van der Waals surface area contributed by atoms with Crippen molar-refractivity contribution in [3.05, 3.63) is 30.3 Å². The topological polar surface area (TPSA) is 6.48 Å². The Morgan fingerprint density at radius 1 is 0.950 bits per heavy atom. The highest BCUT2D eigenvalue weighted by atomic mass is 79.9. The summed E-state index contributed by atoms with van der Waals surface area (Å²) in [4.78, 5) is 5.01. The highest BCUT2D eigenvalue weighted by Gasteiger charge is 2.08. The first-order valence-corrected chi connectivity index (χ1v) is 7.85. The van der Waals surface area contributed by atoms with Gasteiger partial charge in [-0.05, 0) is 57.5 Å². The van der Waals surface area contributed by atoms with Gasteiger partial charge >= 0.3 is 0 Å². The molecule has 3 heteroatoms. The SMILES string of the molecule is Br.CN(CCCCCN1CCCCC1)c1ccccc1. The zero-order chi connectivity index (χ0) is 13.3. The number of nitrogens with zero attached hydrogens (tertiary/aromatic N) is 2. The van der Waals surface area contributed by atoms with Gasteiger partial charge in [0.05, 0.1) is 0 Å². The van der Waals surface area contributed by atoms with Gasteiger partial charge in [-0.15, -0.1) is 17.0 Å². The van der Waals surface area contributed by atoms with Crippen molar-refractivity contribution in [3.8, 4) is 0 Å². The Balaban J connectivity index is 0.00000200. The Hall–Kier alpha value is -0.540. The van der Waals surface area contributed by atoms with E-state index in [1.807, 2.05) is 0 Å². The van der Waals surface area contributed by atoms with Crippen LogP contribution in [-0.4, -0.2) is 38.1 Å². The van der Waals surface area contributed by atoms with Crippen LogP contribution >= 0.6 is 17.0 Å². The molecule has 1 aliphatic heterocycles. The maximum Gasteiger partial charge on any atom is 0.0363 e. The Bertz CT molecular complexity index is 336. The summed E-state index contributed by atoms with van der Waals surface area (Å²) >= 11 is 0. The lowest BCUT2D eigenvalue weighted by atomic mass is 10.1. The number of unbranched alkanes of at least 4 members (excludes halogenated alkanes) is 2. The van der Waals surface area contributed by atoms with E-state index >= 15 is 0 Å². The second-order valence-corrected chi connectivity index (χ2v) is 5.72. The van der Waals surface area contributed by atoms with Gasteiger partial charge in [0, 0.05) is 19.3 Å². The zero-order valence-corrected chi connectivity index (χ0v) is 14.5. The molecule has 0 aromatic heterocycles. The van der Waals surface area contributed by atoms with Crippen molar-refractivity contribution >= 4 is 22.7 Å². The summed E-state index contributed by atoms with van der Waals surface area (Å²) in [5.41, 5.74) is 1.33. The summed E-state index contributed by atoms with van der Waals surface area (Å²) in [6, 6.07) is 10.7. The summed E-state index contributed by atoms with van der Waals surface area (Å²) in [5, 5.41) is 0. The summed E-state index contributed by atoms with van der Waals surface area (Å²) in [6.45, 7) is 5.16. The smallest absolute Gasteiger partial charge is 0.0363 e. The highest BCUT2D eigenvalue weighted by molar-refractivity contribution is 8.93. The lowest BCUT2D eigenvalue weighted by molar-refractivity contribution is 0.224. The monoisotopic (exact) mass is 340 g/mol. The van der Waals surface area contributed by atoms with Crippen LogP contribution in [0.4, 0.5) is 5.69 Å². The first-order valence-electron chi connectivity index (χ1n) is 7.85. The van der Waals surface area contributed by atoms with Crippen molar-refractivity contribution in [1.29, 1.82) is 0 Å². The summed E-state index contributed by atoms with van der Waals surface area (Å²) in [6.07, 6.45) is 8.29. The number of halogens is 1. The fourth-order valence-electron chi connectivity index (χ4n) is 2.86. The van der Waals surface area contributed by atoms with Crippen LogP contribution in [-0.2, 0) is 0 Å². The van der Waals surface area contributed by atoms with Gasteiger partial charge < -0.3 is 9.80 Å². The van der Waals surface area contributed by atoms with Crippen LogP contribution in [0.2, 0.25) is 0 Å². The van der Waals surface area contributed by atoms with Crippen molar-refractivity contribution < 1.29 is 0 Å². The molecule has 0 saturated carbocycles. The third kappa shape index (κ3) is 6.27. The average molecular weight is 341 g/mol. The fraction of sp³-hybridized carbons (Fsp3) is 0.647. The van der Waals surface area contributed by atoms with Crippen LogP contribution in [0.25, 0.3) is 0 Å². The van der Waals surface area contributed by atoms with Crippen LogP contribution in [0.5, 0.6) is 0 Å². The lowest BCUT2D eigenvalue weighted by Crippen LogP contribution is -2.30. The number of rotatable bonds is 7. The molecule has 1 aliphatic rings. The zero-order valence-electron chi connectivity index (χ0n) is 12.8. The molecule has 2 rings (SSSR count). The van der Waals surface area contributed by atoms with Gasteiger partial charge in [0.25, 0.3) is 0 Å². The van der Waals surface area contributed by atoms with Crippen molar-refractivity contribution in [1.82, 2.24) is 4.90 Å². The fourth-order valence-corrected chi connectivity index (χ4v) is 2.86. The second kappa shape index (κ2) is 10.2. The standard InChI is InChI=1S/C17H28N2.BrH/c1-18(17-11-5-2-6-12-17)13-7-3-8-14-19-15-9-4-10-16-19;/h2,5-6,11-12H,3-4,7-10,13-16H2,1H3;1H. The molecule has 1 aromatic rings. The maximum atomic E-state index is 2.64. The van der Waals surface area contributed by atoms with Crippen molar-refractivity contribution in [3.63, 3.8) is 0 Å². The van der Waals surface area contributed by atoms with Gasteiger partial charge in [0.15, 0.2) is 0 Å². The first-order chi connectivity index (χ1) is 9.36. The number of hydrogen-bond acceptors (Lipinski definition) is 2. The highest BCUT2D eigenvalue weighted by Crippen LogP contribution is 2.13. The number of benzene rings is 1. The molecule has 114 valence electrons. The quantitative estimate of drug-likeness (QED) is 0.680. The predicted octanol–water partition coefficient (Wildman–Crippen LogP) is 4.36. The summed E-state index contributed by atoms with van der Waals surface area (Å²) < 4.78 is 0. The Morgan fingerprint density at radius 2 is 1.65 bits per heavy atom. The normalized spacial score (nSPS) is 15.7. The van der Waals surface area contributed by atoms with E-state index in [1.54, 1.807) is 0 Å². The number of para-hydroxylation sites is 1. The first kappa shape index (κ1) is 17.5. The van der Waals surface area contributed by atoms with Gasteiger partial charge in [0.2, 0.25) is 0 Å². The van der Waals surface area contributed by atoms with E-state index in [0.717, 1.165) is 0 Å². The minimum atomic E-state index is 0. The Kier molecular flexibility index (Phi) is 8.95. The van der Waals surface area contributed by atoms with E-state index < -0.39 is 0 Å². The minimum Gasteiger partial charge on any atom is -0.375 e. The molecular formula is C17H29BrN2. The van der Waals surface area contributed by atoms with Crippen LogP contribution in [0, 0.1) is 0 Å². The largest absolute Gasteiger partial charge is 0.375 e. The van der Waals surface area contributed by atoms with Crippen molar-refractivity contribution in [2.45, 2.75) is 38.5 Å². The van der Waals surface area contributed by atoms with E-state index in [2.05, 4.69) is 47.2 Å².